The normalized spacial score (nSPS) is 16.2. The van der Waals surface area contributed by atoms with E-state index in [9.17, 15) is 13.2 Å². The van der Waals surface area contributed by atoms with Crippen LogP contribution in [0.1, 0.15) is 34.3 Å². The topological polar surface area (TPSA) is 69.7 Å². The summed E-state index contributed by atoms with van der Waals surface area (Å²) in [5, 5.41) is 3.17. The highest BCUT2D eigenvalue weighted by molar-refractivity contribution is 7.89. The van der Waals surface area contributed by atoms with Crippen molar-refractivity contribution in [1.29, 1.82) is 0 Å². The Bertz CT molecular complexity index is 941. The van der Waals surface area contributed by atoms with Crippen LogP contribution in [0, 0.1) is 6.92 Å². The smallest absolute Gasteiger partial charge is 0.253 e. The van der Waals surface area contributed by atoms with Crippen molar-refractivity contribution in [2.75, 3.05) is 45.0 Å². The van der Waals surface area contributed by atoms with E-state index in [1.165, 1.54) is 4.31 Å². The molecule has 0 unspecified atom stereocenters. The molecule has 0 spiro atoms. The number of rotatable bonds is 8. The second kappa shape index (κ2) is 10.2. The number of nitrogens with zero attached hydrogens (tertiary/aromatic N) is 2. The van der Waals surface area contributed by atoms with Crippen molar-refractivity contribution in [3.05, 3.63) is 71.3 Å². The fourth-order valence-corrected chi connectivity index (χ4v) is 5.18. The van der Waals surface area contributed by atoms with Crippen LogP contribution in [0.3, 0.4) is 0 Å². The molecule has 1 N–H and O–H groups in total. The van der Waals surface area contributed by atoms with Gasteiger partial charge in [0.1, 0.15) is 0 Å². The first-order valence-electron chi connectivity index (χ1n) is 10.5. The van der Waals surface area contributed by atoms with Gasteiger partial charge in [-0.2, -0.15) is 4.31 Å². The second-order valence-electron chi connectivity index (χ2n) is 7.90. The van der Waals surface area contributed by atoms with Gasteiger partial charge >= 0.3 is 0 Å². The molecule has 1 amide bonds. The van der Waals surface area contributed by atoms with E-state index in [1.54, 1.807) is 11.0 Å². The third-order valence-electron chi connectivity index (χ3n) is 5.50. The quantitative estimate of drug-likeness (QED) is 0.700. The molecule has 2 aromatic rings. The number of nitrogens with one attached hydrogen (secondary N) is 1. The standard InChI is InChI=1S/C23H31N3O3S/c1-19-7-6-10-22(17-19)23(27)25(18-20(2)21-8-4-3-5-9-21)15-16-30(28,29)26-13-11-24-12-14-26/h3-10,17,20,24H,11-16,18H2,1-2H3/t20-/m1/s1. The van der Waals surface area contributed by atoms with Crippen molar-refractivity contribution in [3.8, 4) is 0 Å². The summed E-state index contributed by atoms with van der Waals surface area (Å²) in [6, 6.07) is 17.5. The number of hydrogen-bond acceptors (Lipinski definition) is 4. The molecule has 0 aromatic heterocycles. The highest BCUT2D eigenvalue weighted by Gasteiger charge is 2.26. The molecule has 162 valence electrons. The Morgan fingerprint density at radius 2 is 1.80 bits per heavy atom. The lowest BCUT2D eigenvalue weighted by Gasteiger charge is -2.30. The molecular weight excluding hydrogens is 398 g/mol. The summed E-state index contributed by atoms with van der Waals surface area (Å²) in [4.78, 5) is 15.0. The summed E-state index contributed by atoms with van der Waals surface area (Å²) < 4.78 is 27.2. The highest BCUT2D eigenvalue weighted by Crippen LogP contribution is 2.18. The molecule has 0 bridgehead atoms. The summed E-state index contributed by atoms with van der Waals surface area (Å²) in [6.45, 7) is 6.94. The van der Waals surface area contributed by atoms with Crippen LogP contribution in [0.2, 0.25) is 0 Å². The minimum Gasteiger partial charge on any atom is -0.337 e. The van der Waals surface area contributed by atoms with Crippen molar-refractivity contribution < 1.29 is 13.2 Å². The molecule has 2 aromatic carbocycles. The third kappa shape index (κ3) is 5.90. The minimum absolute atomic E-state index is 0.0634. The van der Waals surface area contributed by atoms with E-state index in [0.29, 0.717) is 38.3 Å². The van der Waals surface area contributed by atoms with E-state index in [4.69, 9.17) is 0 Å². The zero-order valence-corrected chi connectivity index (χ0v) is 18.6. The van der Waals surface area contributed by atoms with Crippen molar-refractivity contribution in [3.63, 3.8) is 0 Å². The molecule has 0 saturated carbocycles. The molecule has 7 heteroatoms. The maximum atomic E-state index is 13.3. The number of amides is 1. The van der Waals surface area contributed by atoms with E-state index in [2.05, 4.69) is 12.2 Å². The van der Waals surface area contributed by atoms with Crippen LogP contribution in [0.5, 0.6) is 0 Å². The van der Waals surface area contributed by atoms with Crippen molar-refractivity contribution in [2.45, 2.75) is 19.8 Å². The number of benzene rings is 2. The molecule has 3 rings (SSSR count). The number of sulfonamides is 1. The fourth-order valence-electron chi connectivity index (χ4n) is 3.73. The highest BCUT2D eigenvalue weighted by atomic mass is 32.2. The van der Waals surface area contributed by atoms with Crippen LogP contribution in [0.25, 0.3) is 0 Å². The average molecular weight is 430 g/mol. The monoisotopic (exact) mass is 429 g/mol. The number of carbonyl (C=O) groups excluding carboxylic acids is 1. The molecule has 1 saturated heterocycles. The van der Waals surface area contributed by atoms with Gasteiger partial charge in [0.05, 0.1) is 5.75 Å². The van der Waals surface area contributed by atoms with Gasteiger partial charge < -0.3 is 10.2 Å². The van der Waals surface area contributed by atoms with Gasteiger partial charge in [-0.1, -0.05) is 55.0 Å². The molecule has 6 nitrogen and oxygen atoms in total. The largest absolute Gasteiger partial charge is 0.337 e. The van der Waals surface area contributed by atoms with Crippen LogP contribution in [0.15, 0.2) is 54.6 Å². The first kappa shape index (κ1) is 22.5. The lowest BCUT2D eigenvalue weighted by Crippen LogP contribution is -2.48. The van der Waals surface area contributed by atoms with Gasteiger partial charge in [0.25, 0.3) is 5.91 Å². The van der Waals surface area contributed by atoms with Gasteiger partial charge in [0, 0.05) is 44.8 Å². The summed E-state index contributed by atoms with van der Waals surface area (Å²) >= 11 is 0. The van der Waals surface area contributed by atoms with E-state index in [-0.39, 0.29) is 24.1 Å². The summed E-state index contributed by atoms with van der Waals surface area (Å²) in [5.41, 5.74) is 2.73. The van der Waals surface area contributed by atoms with Crippen LogP contribution in [-0.2, 0) is 10.0 Å². The zero-order chi connectivity index (χ0) is 21.6. The van der Waals surface area contributed by atoms with E-state index < -0.39 is 10.0 Å². The van der Waals surface area contributed by atoms with Gasteiger partial charge in [-0.05, 0) is 30.5 Å². The predicted octanol–water partition coefficient (Wildman–Crippen LogP) is 2.48. The van der Waals surface area contributed by atoms with Gasteiger partial charge in [0.2, 0.25) is 10.0 Å². The molecule has 1 atom stereocenters. The third-order valence-corrected chi connectivity index (χ3v) is 7.35. The Hall–Kier alpha value is -2.22. The van der Waals surface area contributed by atoms with E-state index in [0.717, 1.165) is 11.1 Å². The maximum absolute atomic E-state index is 13.3. The Kier molecular flexibility index (Phi) is 7.64. The molecule has 1 heterocycles. The molecule has 1 aliphatic rings. The summed E-state index contributed by atoms with van der Waals surface area (Å²) in [6.07, 6.45) is 0. The molecule has 1 aliphatic heterocycles. The second-order valence-corrected chi connectivity index (χ2v) is 9.99. The lowest BCUT2D eigenvalue weighted by atomic mass is 10.0. The summed E-state index contributed by atoms with van der Waals surface area (Å²) in [7, 11) is -3.40. The maximum Gasteiger partial charge on any atom is 0.253 e. The predicted molar refractivity (Wildman–Crippen MR) is 120 cm³/mol. The van der Waals surface area contributed by atoms with Crippen LogP contribution < -0.4 is 5.32 Å². The van der Waals surface area contributed by atoms with E-state index >= 15 is 0 Å². The Morgan fingerprint density at radius 3 is 2.47 bits per heavy atom. The summed E-state index contributed by atoms with van der Waals surface area (Å²) in [5.74, 6) is -0.0923. The van der Waals surface area contributed by atoms with Crippen molar-refractivity contribution >= 4 is 15.9 Å². The fraction of sp³-hybridized carbons (Fsp3) is 0.435. The first-order valence-corrected chi connectivity index (χ1v) is 12.1. The van der Waals surface area contributed by atoms with Crippen molar-refractivity contribution in [2.24, 2.45) is 0 Å². The minimum atomic E-state index is -3.40. The van der Waals surface area contributed by atoms with Crippen LogP contribution >= 0.6 is 0 Å². The Morgan fingerprint density at radius 1 is 1.10 bits per heavy atom. The number of piperazine rings is 1. The number of carbonyl (C=O) groups is 1. The first-order chi connectivity index (χ1) is 14.4. The van der Waals surface area contributed by atoms with E-state index in [1.807, 2.05) is 55.5 Å². The zero-order valence-electron chi connectivity index (χ0n) is 17.8. The number of aryl methyl sites for hydroxylation is 1. The van der Waals surface area contributed by atoms with Crippen molar-refractivity contribution in [1.82, 2.24) is 14.5 Å². The molecule has 0 radical (unpaired) electrons. The van der Waals surface area contributed by atoms with Crippen LogP contribution in [0.4, 0.5) is 0 Å². The number of hydrogen-bond donors (Lipinski definition) is 1. The molecule has 30 heavy (non-hydrogen) atoms. The van der Waals surface area contributed by atoms with Crippen LogP contribution in [-0.4, -0.2) is 68.6 Å². The average Bonchev–Trinajstić information content (AvgIpc) is 2.77. The van der Waals surface area contributed by atoms with Gasteiger partial charge in [-0.3, -0.25) is 4.79 Å². The Labute approximate surface area is 179 Å². The Balaban J connectivity index is 1.77. The molecular formula is C23H31N3O3S. The van der Waals surface area contributed by atoms with Gasteiger partial charge in [-0.15, -0.1) is 0 Å². The SMILES string of the molecule is Cc1cccc(C(=O)N(CCS(=O)(=O)N2CCNCC2)C[C@@H](C)c2ccccc2)c1. The molecule has 0 aliphatic carbocycles. The lowest BCUT2D eigenvalue weighted by molar-refractivity contribution is 0.0757. The van der Waals surface area contributed by atoms with Gasteiger partial charge in [0.15, 0.2) is 0 Å². The van der Waals surface area contributed by atoms with Gasteiger partial charge in [-0.25, -0.2) is 8.42 Å². The molecule has 1 fully saturated rings.